The number of benzene rings is 1. The van der Waals surface area contributed by atoms with Crippen LogP contribution in [0.1, 0.15) is 5.56 Å². The Kier molecular flexibility index (Phi) is 5.10. The van der Waals surface area contributed by atoms with Crippen LogP contribution >= 0.6 is 12.2 Å². The largest absolute Gasteiger partial charge is 0.497 e. The van der Waals surface area contributed by atoms with E-state index < -0.39 is 0 Å². The summed E-state index contributed by atoms with van der Waals surface area (Å²) < 4.78 is 10.4. The second kappa shape index (κ2) is 7.04. The molecule has 0 radical (unpaired) electrons. The zero-order valence-electron chi connectivity index (χ0n) is 11.3. The van der Waals surface area contributed by atoms with E-state index in [1.165, 1.54) is 0 Å². The highest BCUT2D eigenvalue weighted by Crippen LogP contribution is 2.16. The minimum atomic E-state index is 0.507. The van der Waals surface area contributed by atoms with Gasteiger partial charge in [0.1, 0.15) is 16.8 Å². The molecule has 1 aromatic carbocycles. The lowest BCUT2D eigenvalue weighted by Gasteiger charge is -2.28. The number of morpholine rings is 1. The monoisotopic (exact) mass is 288 g/mol. The molecule has 20 heavy (non-hydrogen) atoms. The zero-order valence-corrected chi connectivity index (χ0v) is 12.2. The Bertz CT molecular complexity index is 540. The molecule has 5 heteroatoms. The van der Waals surface area contributed by atoms with Gasteiger partial charge in [0.2, 0.25) is 0 Å². The first kappa shape index (κ1) is 14.5. The number of ether oxygens (including phenoxy) is 2. The summed E-state index contributed by atoms with van der Waals surface area (Å²) in [5.74, 6) is 0.788. The third kappa shape index (κ3) is 3.56. The fourth-order valence-corrected chi connectivity index (χ4v) is 2.23. The Balaban J connectivity index is 2.15. The van der Waals surface area contributed by atoms with E-state index in [0.717, 1.165) is 24.4 Å². The minimum absolute atomic E-state index is 0.507. The normalized spacial score (nSPS) is 15.6. The number of methoxy groups -OCH3 is 1. The van der Waals surface area contributed by atoms with Crippen molar-refractivity contribution in [3.05, 3.63) is 35.4 Å². The first-order valence-electron chi connectivity index (χ1n) is 6.37. The third-order valence-electron chi connectivity index (χ3n) is 3.08. The lowest BCUT2D eigenvalue weighted by atomic mass is 10.1. The fourth-order valence-electron chi connectivity index (χ4n) is 1.95. The van der Waals surface area contributed by atoms with Crippen molar-refractivity contribution in [2.45, 2.75) is 0 Å². The number of thiocarbonyl (C=S) groups is 1. The van der Waals surface area contributed by atoms with Gasteiger partial charge >= 0.3 is 0 Å². The van der Waals surface area contributed by atoms with Crippen LogP contribution in [0.3, 0.4) is 0 Å². The zero-order chi connectivity index (χ0) is 14.4. The molecule has 4 nitrogen and oxygen atoms in total. The lowest BCUT2D eigenvalue weighted by molar-refractivity contribution is 0.0693. The van der Waals surface area contributed by atoms with E-state index >= 15 is 0 Å². The molecular weight excluding hydrogens is 272 g/mol. The van der Waals surface area contributed by atoms with Crippen molar-refractivity contribution in [3.63, 3.8) is 0 Å². The molecule has 1 aliphatic rings. The molecule has 2 rings (SSSR count). The summed E-state index contributed by atoms with van der Waals surface area (Å²) in [5, 5.41) is 9.30. The van der Waals surface area contributed by atoms with Gasteiger partial charge in [-0.25, -0.2) is 0 Å². The van der Waals surface area contributed by atoms with Crippen molar-refractivity contribution >= 4 is 23.3 Å². The summed E-state index contributed by atoms with van der Waals surface area (Å²) in [6.07, 6.45) is 1.80. The van der Waals surface area contributed by atoms with Gasteiger partial charge in [0.05, 0.1) is 25.9 Å². The van der Waals surface area contributed by atoms with Crippen molar-refractivity contribution in [1.82, 2.24) is 4.90 Å². The predicted molar refractivity (Wildman–Crippen MR) is 81.6 cm³/mol. The number of nitrogens with zero attached hydrogens (tertiary/aromatic N) is 2. The minimum Gasteiger partial charge on any atom is -0.497 e. The molecule has 0 amide bonds. The van der Waals surface area contributed by atoms with Crippen LogP contribution in [0, 0.1) is 11.3 Å². The van der Waals surface area contributed by atoms with E-state index in [1.807, 2.05) is 29.2 Å². The summed E-state index contributed by atoms with van der Waals surface area (Å²) in [5.41, 5.74) is 1.44. The summed E-state index contributed by atoms with van der Waals surface area (Å²) in [6.45, 7) is 2.78. The Morgan fingerprint density at radius 2 is 2.00 bits per heavy atom. The van der Waals surface area contributed by atoms with Crippen molar-refractivity contribution < 1.29 is 9.47 Å². The Morgan fingerprint density at radius 1 is 1.35 bits per heavy atom. The molecule has 0 aliphatic carbocycles. The standard InChI is InChI=1S/C15H16N2O2S/c1-18-14-4-2-12(3-5-14)10-13(11-16)15(20)17-6-8-19-9-7-17/h2-5,10H,6-9H2,1H3/b13-10+. The molecule has 0 bridgehead atoms. The van der Waals surface area contributed by atoms with E-state index in [9.17, 15) is 5.26 Å². The van der Waals surface area contributed by atoms with Gasteiger partial charge in [-0.3, -0.25) is 0 Å². The van der Waals surface area contributed by atoms with E-state index in [2.05, 4.69) is 6.07 Å². The van der Waals surface area contributed by atoms with E-state index in [1.54, 1.807) is 13.2 Å². The third-order valence-corrected chi connectivity index (χ3v) is 3.55. The Morgan fingerprint density at radius 3 is 2.55 bits per heavy atom. The van der Waals surface area contributed by atoms with Crippen LogP contribution < -0.4 is 4.74 Å². The molecule has 0 spiro atoms. The van der Waals surface area contributed by atoms with Crippen molar-refractivity contribution in [3.8, 4) is 11.8 Å². The van der Waals surface area contributed by atoms with Crippen LogP contribution in [-0.2, 0) is 4.74 Å². The molecule has 0 saturated carbocycles. The maximum atomic E-state index is 9.30. The molecule has 0 unspecified atom stereocenters. The summed E-state index contributed by atoms with van der Waals surface area (Å²) in [7, 11) is 1.62. The number of hydrogen-bond acceptors (Lipinski definition) is 4. The van der Waals surface area contributed by atoms with Gasteiger partial charge in [-0.15, -0.1) is 0 Å². The average molecular weight is 288 g/mol. The van der Waals surface area contributed by atoms with Gasteiger partial charge in [0, 0.05) is 13.1 Å². The SMILES string of the molecule is COc1ccc(/C=C(\C#N)C(=S)N2CCOCC2)cc1. The topological polar surface area (TPSA) is 45.5 Å². The first-order chi connectivity index (χ1) is 9.74. The van der Waals surface area contributed by atoms with Gasteiger partial charge in [0.25, 0.3) is 0 Å². The molecule has 0 atom stereocenters. The quantitative estimate of drug-likeness (QED) is 0.485. The molecule has 1 aromatic rings. The molecule has 0 aromatic heterocycles. The van der Waals surface area contributed by atoms with Gasteiger partial charge < -0.3 is 14.4 Å². The summed E-state index contributed by atoms with van der Waals surface area (Å²) >= 11 is 5.40. The number of rotatable bonds is 3. The number of hydrogen-bond donors (Lipinski definition) is 0. The Hall–Kier alpha value is -1.90. The molecule has 104 valence electrons. The van der Waals surface area contributed by atoms with Crippen LogP contribution in [0.5, 0.6) is 5.75 Å². The first-order valence-corrected chi connectivity index (χ1v) is 6.78. The lowest BCUT2D eigenvalue weighted by Crippen LogP contribution is -2.40. The van der Waals surface area contributed by atoms with Crippen LogP contribution in [-0.4, -0.2) is 43.3 Å². The fraction of sp³-hybridized carbons (Fsp3) is 0.333. The van der Waals surface area contributed by atoms with Gasteiger partial charge in [0.15, 0.2) is 0 Å². The smallest absolute Gasteiger partial charge is 0.120 e. The van der Waals surface area contributed by atoms with Crippen LogP contribution in [0.15, 0.2) is 29.8 Å². The average Bonchev–Trinajstić information content (AvgIpc) is 2.53. The number of nitriles is 1. The molecular formula is C15H16N2O2S. The Labute approximate surface area is 124 Å². The molecule has 1 aliphatic heterocycles. The van der Waals surface area contributed by atoms with E-state index in [-0.39, 0.29) is 0 Å². The second-order valence-corrected chi connectivity index (χ2v) is 4.73. The molecule has 0 N–H and O–H groups in total. The van der Waals surface area contributed by atoms with E-state index in [0.29, 0.717) is 23.8 Å². The van der Waals surface area contributed by atoms with Gasteiger partial charge in [-0.05, 0) is 23.8 Å². The highest BCUT2D eigenvalue weighted by atomic mass is 32.1. The van der Waals surface area contributed by atoms with Crippen molar-refractivity contribution in [2.24, 2.45) is 0 Å². The van der Waals surface area contributed by atoms with Crippen LogP contribution in [0.25, 0.3) is 6.08 Å². The van der Waals surface area contributed by atoms with Crippen LogP contribution in [0.2, 0.25) is 0 Å². The maximum Gasteiger partial charge on any atom is 0.120 e. The summed E-state index contributed by atoms with van der Waals surface area (Å²) in [6, 6.07) is 9.70. The summed E-state index contributed by atoms with van der Waals surface area (Å²) in [4.78, 5) is 2.60. The van der Waals surface area contributed by atoms with E-state index in [4.69, 9.17) is 21.7 Å². The predicted octanol–water partition coefficient (Wildman–Crippen LogP) is 2.26. The van der Waals surface area contributed by atoms with Gasteiger partial charge in [-0.1, -0.05) is 24.4 Å². The maximum absolute atomic E-state index is 9.30. The second-order valence-electron chi connectivity index (χ2n) is 4.35. The van der Waals surface area contributed by atoms with Gasteiger partial charge in [-0.2, -0.15) is 5.26 Å². The van der Waals surface area contributed by atoms with Crippen LogP contribution in [0.4, 0.5) is 0 Å². The van der Waals surface area contributed by atoms with Crippen molar-refractivity contribution in [2.75, 3.05) is 33.4 Å². The highest BCUT2D eigenvalue weighted by Gasteiger charge is 2.16. The molecule has 1 fully saturated rings. The molecule has 1 heterocycles. The molecule has 1 saturated heterocycles. The highest BCUT2D eigenvalue weighted by molar-refractivity contribution is 7.80. The van der Waals surface area contributed by atoms with Crippen molar-refractivity contribution in [1.29, 1.82) is 5.26 Å².